The van der Waals surface area contributed by atoms with Crippen LogP contribution in [0.15, 0.2) is 83.3 Å². The maximum atomic E-state index is 13.1. The van der Waals surface area contributed by atoms with Crippen molar-refractivity contribution in [3.8, 4) is 0 Å². The summed E-state index contributed by atoms with van der Waals surface area (Å²) in [5.41, 5.74) is 1.76. The number of carbonyl (C=O) groups is 3. The van der Waals surface area contributed by atoms with Crippen LogP contribution in [0.5, 0.6) is 0 Å². The van der Waals surface area contributed by atoms with E-state index in [1.54, 1.807) is 60.7 Å². The van der Waals surface area contributed by atoms with Gasteiger partial charge in [0.2, 0.25) is 5.91 Å². The maximum absolute atomic E-state index is 13.1. The van der Waals surface area contributed by atoms with Crippen LogP contribution < -0.4 is 16.0 Å². The Kier molecular flexibility index (Phi) is 7.78. The second-order valence-electron chi connectivity index (χ2n) is 7.56. The molecule has 3 rings (SSSR count). The number of hydrogen-bond donors (Lipinski definition) is 3. The Balaban J connectivity index is 1.75. The first-order valence-corrected chi connectivity index (χ1v) is 11.0. The van der Waals surface area contributed by atoms with E-state index in [1.165, 1.54) is 0 Å². The van der Waals surface area contributed by atoms with Crippen LogP contribution in [0, 0.1) is 5.92 Å². The quantitative estimate of drug-likeness (QED) is 0.428. The first kappa shape index (κ1) is 23.2. The largest absolute Gasteiger partial charge is 0.340 e. The van der Waals surface area contributed by atoms with Crippen molar-refractivity contribution in [1.29, 1.82) is 0 Å². The van der Waals surface area contributed by atoms with Crippen molar-refractivity contribution < 1.29 is 14.4 Å². The predicted octanol–water partition coefficient (Wildman–Crippen LogP) is 5.09. The van der Waals surface area contributed by atoms with Crippen molar-refractivity contribution in [3.63, 3.8) is 0 Å². The zero-order valence-corrected chi connectivity index (χ0v) is 19.3. The average Bonchev–Trinajstić information content (AvgIpc) is 2.79. The third-order valence-corrected chi connectivity index (χ3v) is 5.33. The molecule has 6 nitrogen and oxygen atoms in total. The molecule has 3 N–H and O–H groups in total. The highest BCUT2D eigenvalue weighted by Crippen LogP contribution is 2.18. The van der Waals surface area contributed by atoms with Gasteiger partial charge in [-0.2, -0.15) is 0 Å². The smallest absolute Gasteiger partial charge is 0.255 e. The van der Waals surface area contributed by atoms with Gasteiger partial charge >= 0.3 is 0 Å². The fourth-order valence-electron chi connectivity index (χ4n) is 3.08. The third kappa shape index (κ3) is 6.04. The molecule has 1 atom stereocenters. The lowest BCUT2D eigenvalue weighted by Gasteiger charge is -2.22. The highest BCUT2D eigenvalue weighted by Gasteiger charge is 2.26. The fraction of sp³-hybridized carbons (Fsp3) is 0.160. The van der Waals surface area contributed by atoms with Gasteiger partial charge in [-0.3, -0.25) is 14.4 Å². The Labute approximate surface area is 195 Å². The van der Waals surface area contributed by atoms with E-state index in [-0.39, 0.29) is 23.3 Å². The molecule has 7 heteroatoms. The van der Waals surface area contributed by atoms with Crippen molar-refractivity contribution in [3.05, 3.63) is 94.5 Å². The number of para-hydroxylation sites is 1. The van der Waals surface area contributed by atoms with E-state index in [0.29, 0.717) is 16.9 Å². The van der Waals surface area contributed by atoms with Crippen molar-refractivity contribution in [1.82, 2.24) is 5.32 Å². The van der Waals surface area contributed by atoms with Gasteiger partial charge in [-0.05, 0) is 54.4 Å². The van der Waals surface area contributed by atoms with Gasteiger partial charge in [0.05, 0.1) is 11.3 Å². The van der Waals surface area contributed by atoms with Crippen molar-refractivity contribution in [2.75, 3.05) is 10.6 Å². The highest BCUT2D eigenvalue weighted by molar-refractivity contribution is 9.10. The van der Waals surface area contributed by atoms with Crippen LogP contribution in [-0.4, -0.2) is 23.8 Å². The summed E-state index contributed by atoms with van der Waals surface area (Å²) < 4.78 is 0.901. The number of nitrogens with one attached hydrogen (secondary N) is 3. The van der Waals surface area contributed by atoms with Crippen LogP contribution in [-0.2, 0) is 4.79 Å². The normalized spacial score (nSPS) is 11.5. The summed E-state index contributed by atoms with van der Waals surface area (Å²) in [5.74, 6) is -1.24. The minimum atomic E-state index is -0.760. The number of carbonyl (C=O) groups excluding carboxylic acids is 3. The zero-order valence-electron chi connectivity index (χ0n) is 17.8. The molecule has 0 aliphatic carbocycles. The molecule has 0 spiro atoms. The van der Waals surface area contributed by atoms with Gasteiger partial charge in [-0.25, -0.2) is 0 Å². The van der Waals surface area contributed by atoms with Gasteiger partial charge in [0.15, 0.2) is 0 Å². The number of halogens is 1. The van der Waals surface area contributed by atoms with E-state index < -0.39 is 11.9 Å². The standard InChI is InChI=1S/C25H24BrN3O3/c1-16(2)22(25(32)27-19-14-12-18(26)13-15-19)29-24(31)20-10-6-7-11-21(20)28-23(30)17-8-4-3-5-9-17/h3-16,22H,1-2H3,(H,27,32)(H,28,30)(H,29,31)/t22-/m0/s1. The molecule has 0 aromatic heterocycles. The summed E-state index contributed by atoms with van der Waals surface area (Å²) in [4.78, 5) is 38.4. The molecule has 164 valence electrons. The van der Waals surface area contributed by atoms with Gasteiger partial charge in [-0.15, -0.1) is 0 Å². The molecule has 0 heterocycles. The Morgan fingerprint density at radius 2 is 1.38 bits per heavy atom. The maximum Gasteiger partial charge on any atom is 0.255 e. The SMILES string of the molecule is CC(C)[C@H](NC(=O)c1ccccc1NC(=O)c1ccccc1)C(=O)Nc1ccc(Br)cc1. The van der Waals surface area contributed by atoms with E-state index in [1.807, 2.05) is 32.0 Å². The van der Waals surface area contributed by atoms with Crippen LogP contribution in [0.4, 0.5) is 11.4 Å². The summed E-state index contributed by atoms with van der Waals surface area (Å²) >= 11 is 3.36. The molecule has 0 radical (unpaired) electrons. The van der Waals surface area contributed by atoms with Gasteiger partial charge in [0, 0.05) is 15.7 Å². The Morgan fingerprint density at radius 1 is 0.750 bits per heavy atom. The topological polar surface area (TPSA) is 87.3 Å². The predicted molar refractivity (Wildman–Crippen MR) is 130 cm³/mol. The molecule has 0 bridgehead atoms. The molecule has 0 aliphatic heterocycles. The summed E-state index contributed by atoms with van der Waals surface area (Å²) in [6.07, 6.45) is 0. The molecule has 0 aliphatic rings. The molecule has 0 saturated carbocycles. The van der Waals surface area contributed by atoms with Gasteiger partial charge in [0.25, 0.3) is 11.8 Å². The first-order chi connectivity index (χ1) is 15.3. The lowest BCUT2D eigenvalue weighted by molar-refractivity contribution is -0.118. The Bertz CT molecular complexity index is 1100. The van der Waals surface area contributed by atoms with Crippen molar-refractivity contribution in [2.45, 2.75) is 19.9 Å². The Hall–Kier alpha value is -3.45. The molecule has 0 fully saturated rings. The number of amides is 3. The zero-order chi connectivity index (χ0) is 23.1. The van der Waals surface area contributed by atoms with E-state index >= 15 is 0 Å². The summed E-state index contributed by atoms with van der Waals surface area (Å²) in [6.45, 7) is 3.71. The van der Waals surface area contributed by atoms with Gasteiger partial charge < -0.3 is 16.0 Å². The second-order valence-corrected chi connectivity index (χ2v) is 8.47. The first-order valence-electron chi connectivity index (χ1n) is 10.2. The Morgan fingerprint density at radius 3 is 2.03 bits per heavy atom. The van der Waals surface area contributed by atoms with Crippen LogP contribution >= 0.6 is 15.9 Å². The third-order valence-electron chi connectivity index (χ3n) is 4.80. The van der Waals surface area contributed by atoms with Crippen LogP contribution in [0.25, 0.3) is 0 Å². The molecule has 3 aromatic carbocycles. The van der Waals surface area contributed by atoms with Crippen LogP contribution in [0.2, 0.25) is 0 Å². The van der Waals surface area contributed by atoms with E-state index in [0.717, 1.165) is 4.47 Å². The minimum absolute atomic E-state index is 0.152. The van der Waals surface area contributed by atoms with Crippen LogP contribution in [0.1, 0.15) is 34.6 Å². The molecule has 3 aromatic rings. The number of benzene rings is 3. The molecule has 0 saturated heterocycles. The number of anilines is 2. The van der Waals surface area contributed by atoms with E-state index in [9.17, 15) is 14.4 Å². The van der Waals surface area contributed by atoms with E-state index in [4.69, 9.17) is 0 Å². The number of hydrogen-bond acceptors (Lipinski definition) is 3. The lowest BCUT2D eigenvalue weighted by atomic mass is 10.0. The molecule has 0 unspecified atom stereocenters. The second kappa shape index (κ2) is 10.7. The minimum Gasteiger partial charge on any atom is -0.340 e. The summed E-state index contributed by atoms with van der Waals surface area (Å²) in [5, 5.41) is 8.42. The van der Waals surface area contributed by atoms with Gasteiger partial charge in [-0.1, -0.05) is 60.1 Å². The molecule has 32 heavy (non-hydrogen) atoms. The van der Waals surface area contributed by atoms with Crippen molar-refractivity contribution in [2.24, 2.45) is 5.92 Å². The molecular weight excluding hydrogens is 470 g/mol. The van der Waals surface area contributed by atoms with E-state index in [2.05, 4.69) is 31.9 Å². The average molecular weight is 494 g/mol. The fourth-order valence-corrected chi connectivity index (χ4v) is 3.35. The molecule has 3 amide bonds. The highest BCUT2D eigenvalue weighted by atomic mass is 79.9. The lowest BCUT2D eigenvalue weighted by Crippen LogP contribution is -2.47. The van der Waals surface area contributed by atoms with Crippen molar-refractivity contribution >= 4 is 45.0 Å². The summed E-state index contributed by atoms with van der Waals surface area (Å²) in [7, 11) is 0. The van der Waals surface area contributed by atoms with Gasteiger partial charge in [0.1, 0.15) is 6.04 Å². The summed E-state index contributed by atoms with van der Waals surface area (Å²) in [6, 6.07) is 21.9. The van der Waals surface area contributed by atoms with Crippen LogP contribution in [0.3, 0.4) is 0 Å². The monoisotopic (exact) mass is 493 g/mol. The number of rotatable bonds is 7. The molecular formula is C25H24BrN3O3.